The molecule has 0 saturated heterocycles. The van der Waals surface area contributed by atoms with Crippen molar-refractivity contribution in [3.63, 3.8) is 0 Å². The second kappa shape index (κ2) is 11.9. The van der Waals surface area contributed by atoms with Crippen LogP contribution in [-0.2, 0) is 31.4 Å². The summed E-state index contributed by atoms with van der Waals surface area (Å²) in [4.78, 5) is 11.0. The van der Waals surface area contributed by atoms with Crippen molar-refractivity contribution >= 4 is 39.7 Å². The number of carbonyl (C=O) groups is 1. The van der Waals surface area contributed by atoms with E-state index >= 15 is 0 Å². The van der Waals surface area contributed by atoms with Crippen LogP contribution in [0.2, 0.25) is 58.9 Å². The van der Waals surface area contributed by atoms with Crippen molar-refractivity contribution in [2.24, 2.45) is 0 Å². The summed E-state index contributed by atoms with van der Waals surface area (Å²) in [6.45, 7) is 23.9. The minimum absolute atomic E-state index is 0.194. The largest absolute Gasteiger partial charge is 0.496 e. The van der Waals surface area contributed by atoms with Crippen LogP contribution in [0, 0.1) is 0 Å². The van der Waals surface area contributed by atoms with Crippen LogP contribution in [0.1, 0.15) is 0 Å². The van der Waals surface area contributed by atoms with Gasteiger partial charge in [0.1, 0.15) is 12.8 Å². The van der Waals surface area contributed by atoms with Crippen molar-refractivity contribution in [3.8, 4) is 0 Å². The van der Waals surface area contributed by atoms with Crippen LogP contribution >= 0.6 is 0 Å². The minimum Gasteiger partial charge on any atom is -0.460 e. The molecule has 0 aliphatic carbocycles. The molecule has 0 amide bonds. The van der Waals surface area contributed by atoms with Crippen molar-refractivity contribution in [2.45, 2.75) is 58.9 Å². The molecule has 0 aliphatic heterocycles. The van der Waals surface area contributed by atoms with Gasteiger partial charge in [0.25, 0.3) is 0 Å². The smallest absolute Gasteiger partial charge is 0.460 e. The van der Waals surface area contributed by atoms with Crippen molar-refractivity contribution in [2.75, 3.05) is 32.7 Å². The van der Waals surface area contributed by atoms with Gasteiger partial charge < -0.3 is 26.6 Å². The second-order valence-electron chi connectivity index (χ2n) is 9.36. The zero-order chi connectivity index (χ0) is 22.1. The molecule has 0 atom stereocenters. The zero-order valence-corrected chi connectivity index (χ0v) is 23.2. The molecule has 0 aliphatic rings. The molecule has 0 spiro atoms. The maximum Gasteiger partial charge on any atom is 0.496 e. The second-order valence-corrected chi connectivity index (χ2v) is 26.1. The molecule has 11 heteroatoms. The van der Waals surface area contributed by atoms with Gasteiger partial charge >= 0.3 is 14.8 Å². The van der Waals surface area contributed by atoms with Gasteiger partial charge in [-0.1, -0.05) is 6.58 Å². The van der Waals surface area contributed by atoms with Crippen LogP contribution in [0.3, 0.4) is 0 Å². The third kappa shape index (κ3) is 15.8. The Morgan fingerprint density at radius 3 is 1.50 bits per heavy atom. The molecule has 0 aromatic carbocycles. The van der Waals surface area contributed by atoms with E-state index in [9.17, 15) is 4.79 Å². The summed E-state index contributed by atoms with van der Waals surface area (Å²) >= 11 is 0. The molecule has 0 fully saturated rings. The first kappa shape index (κ1) is 27.9. The van der Waals surface area contributed by atoms with Crippen LogP contribution in [0.4, 0.5) is 0 Å². The lowest BCUT2D eigenvalue weighted by Gasteiger charge is -2.42. The summed E-state index contributed by atoms with van der Waals surface area (Å²) < 4.78 is 35.8. The first-order chi connectivity index (χ1) is 12.6. The fourth-order valence-corrected chi connectivity index (χ4v) is 16.2. The fraction of sp³-hybridized carbons (Fsp3) is 0.824. The summed E-state index contributed by atoms with van der Waals surface area (Å²) in [5.74, 6) is -0.453. The Labute approximate surface area is 175 Å². The van der Waals surface area contributed by atoms with E-state index < -0.39 is 39.7 Å². The third-order valence-corrected chi connectivity index (χ3v) is 14.3. The van der Waals surface area contributed by atoms with Crippen molar-refractivity contribution in [3.05, 3.63) is 12.7 Å². The van der Waals surface area contributed by atoms with Gasteiger partial charge in [0.2, 0.25) is 0 Å². The van der Waals surface area contributed by atoms with E-state index in [-0.39, 0.29) is 6.61 Å². The SMILES string of the molecule is C=CC(=O)OCCOCCOC[Si](O[Si](C)(C)C)(O[Si](C)(C)C)O[Si](C)(C)C. The van der Waals surface area contributed by atoms with Crippen LogP contribution in [0.5, 0.6) is 0 Å². The van der Waals surface area contributed by atoms with Crippen molar-refractivity contribution in [1.82, 2.24) is 0 Å². The van der Waals surface area contributed by atoms with E-state index in [4.69, 9.17) is 26.6 Å². The summed E-state index contributed by atoms with van der Waals surface area (Å²) in [6.07, 6.45) is 1.45. The number of carbonyl (C=O) groups excluding carboxylic acids is 1. The molecule has 28 heavy (non-hydrogen) atoms. The highest BCUT2D eigenvalue weighted by Gasteiger charge is 2.50. The number of rotatable bonds is 15. The van der Waals surface area contributed by atoms with Gasteiger partial charge in [-0.3, -0.25) is 0 Å². The quantitative estimate of drug-likeness (QED) is 0.157. The van der Waals surface area contributed by atoms with Crippen molar-refractivity contribution < 1.29 is 31.4 Å². The Hall–Kier alpha value is -0.122. The Bertz CT molecular complexity index is 441. The van der Waals surface area contributed by atoms with Gasteiger partial charge in [0.05, 0.1) is 19.8 Å². The molecule has 0 N–H and O–H groups in total. The maximum atomic E-state index is 11.0. The summed E-state index contributed by atoms with van der Waals surface area (Å²) in [5, 5.41) is 0. The highest BCUT2D eigenvalue weighted by atomic mass is 28.5. The van der Waals surface area contributed by atoms with Crippen molar-refractivity contribution in [1.29, 1.82) is 0 Å². The molecule has 166 valence electrons. The minimum atomic E-state index is -2.97. The van der Waals surface area contributed by atoms with Gasteiger partial charge in [0.15, 0.2) is 25.0 Å². The Morgan fingerprint density at radius 2 is 1.11 bits per heavy atom. The van der Waals surface area contributed by atoms with Gasteiger partial charge in [-0.15, -0.1) is 0 Å². The number of esters is 1. The van der Waals surface area contributed by atoms with Gasteiger partial charge in [-0.25, -0.2) is 4.79 Å². The van der Waals surface area contributed by atoms with Crippen LogP contribution in [0.15, 0.2) is 12.7 Å². The average molecular weight is 469 g/mol. The molecule has 0 aromatic heterocycles. The van der Waals surface area contributed by atoms with E-state index in [1.807, 2.05) is 0 Å². The van der Waals surface area contributed by atoms with E-state index in [0.717, 1.165) is 6.08 Å². The predicted molar refractivity (Wildman–Crippen MR) is 122 cm³/mol. The predicted octanol–water partition coefficient (Wildman–Crippen LogP) is 3.78. The Kier molecular flexibility index (Phi) is 11.9. The fourth-order valence-electron chi connectivity index (χ4n) is 2.23. The molecule has 0 unspecified atom stereocenters. The summed E-state index contributed by atoms with van der Waals surface area (Å²) in [5.41, 5.74) is 0. The van der Waals surface area contributed by atoms with Crippen LogP contribution < -0.4 is 0 Å². The van der Waals surface area contributed by atoms with Gasteiger partial charge in [-0.2, -0.15) is 0 Å². The van der Waals surface area contributed by atoms with E-state index in [1.54, 1.807) is 0 Å². The monoisotopic (exact) mass is 468 g/mol. The van der Waals surface area contributed by atoms with Gasteiger partial charge in [-0.05, 0) is 58.9 Å². The normalized spacial score (nSPS) is 13.5. The first-order valence-corrected chi connectivity index (χ1v) is 21.8. The summed E-state index contributed by atoms with van der Waals surface area (Å²) in [6, 6.07) is 0. The third-order valence-electron chi connectivity index (χ3n) is 2.67. The first-order valence-electron chi connectivity index (χ1n) is 9.63. The number of ether oxygens (including phenoxy) is 3. The molecule has 0 aromatic rings. The lowest BCUT2D eigenvalue weighted by Crippen LogP contribution is -2.63. The number of hydrogen-bond donors (Lipinski definition) is 0. The maximum absolute atomic E-state index is 11.0. The van der Waals surface area contributed by atoms with E-state index in [1.165, 1.54) is 0 Å². The molecule has 0 saturated carbocycles. The lowest BCUT2D eigenvalue weighted by molar-refractivity contribution is -0.139. The van der Waals surface area contributed by atoms with E-state index in [2.05, 4.69) is 65.5 Å². The average Bonchev–Trinajstić information content (AvgIpc) is 2.43. The Morgan fingerprint density at radius 1 is 0.714 bits per heavy atom. The Balaban J connectivity index is 4.78. The number of hydrogen-bond acceptors (Lipinski definition) is 7. The topological polar surface area (TPSA) is 72.5 Å². The molecule has 7 nitrogen and oxygen atoms in total. The molecule has 0 heterocycles. The zero-order valence-electron chi connectivity index (χ0n) is 19.2. The highest BCUT2D eigenvalue weighted by molar-refractivity contribution is 6.90. The standard InChI is InChI=1S/C17H40O7Si4/c1-11-17(18)21-15-14-19-12-13-20-16-28(22-25(2,3)4,23-26(5,6)7)24-27(8,9)10/h11H,1,12-16H2,2-10H3. The molecule has 0 bridgehead atoms. The highest BCUT2D eigenvalue weighted by Crippen LogP contribution is 2.25. The van der Waals surface area contributed by atoms with Gasteiger partial charge in [0, 0.05) is 6.08 Å². The van der Waals surface area contributed by atoms with E-state index in [0.29, 0.717) is 26.1 Å². The lowest BCUT2D eigenvalue weighted by atomic mass is 10.6. The molecular formula is C17H40O7Si4. The molecule has 0 rings (SSSR count). The van der Waals surface area contributed by atoms with Crippen LogP contribution in [-0.4, -0.2) is 72.4 Å². The van der Waals surface area contributed by atoms with Crippen LogP contribution in [0.25, 0.3) is 0 Å². The summed E-state index contributed by atoms with van der Waals surface area (Å²) in [7, 11) is -8.68. The molecular weight excluding hydrogens is 429 g/mol. The molecule has 0 radical (unpaired) electrons.